The molecule has 2 heterocycles. The Hall–Kier alpha value is -1.03. The Morgan fingerprint density at radius 1 is 1.26 bits per heavy atom. The molecule has 2 aromatic rings. The van der Waals surface area contributed by atoms with E-state index in [0.29, 0.717) is 5.92 Å². The largest absolute Gasteiger partial charge is 0.366 e. The molecule has 19 heavy (non-hydrogen) atoms. The predicted molar refractivity (Wildman–Crippen MR) is 83.2 cm³/mol. The Morgan fingerprint density at radius 2 is 2.11 bits per heavy atom. The van der Waals surface area contributed by atoms with Gasteiger partial charge in [0.05, 0.1) is 10.9 Å². The minimum atomic E-state index is 0.566. The van der Waals surface area contributed by atoms with Gasteiger partial charge in [-0.15, -0.1) is 11.3 Å². The Bertz CT molecular complexity index is 567. The molecule has 1 aliphatic heterocycles. The summed E-state index contributed by atoms with van der Waals surface area (Å²) in [5.41, 5.74) is 8.53. The number of fused-ring (bicyclic) bond motifs is 1. The third kappa shape index (κ3) is 2.64. The third-order valence-corrected chi connectivity index (χ3v) is 4.86. The molecular weight excluding hydrogens is 276 g/mol. The van der Waals surface area contributed by atoms with Gasteiger partial charge in [0.15, 0.2) is 0 Å². The van der Waals surface area contributed by atoms with Crippen LogP contribution in [0.4, 0.5) is 5.69 Å². The molecule has 3 rings (SSSR count). The molecule has 0 saturated carbocycles. The van der Waals surface area contributed by atoms with Gasteiger partial charge in [0, 0.05) is 23.0 Å². The van der Waals surface area contributed by atoms with E-state index in [2.05, 4.69) is 35.2 Å². The number of hydrogen-bond donors (Lipinski definition) is 1. The predicted octanol–water partition coefficient (Wildman–Crippen LogP) is 3.85. The summed E-state index contributed by atoms with van der Waals surface area (Å²) >= 11 is 7.67. The number of nitrogens with zero attached hydrogens (tertiary/aromatic N) is 1. The lowest BCUT2D eigenvalue weighted by Crippen LogP contribution is -2.21. The summed E-state index contributed by atoms with van der Waals surface area (Å²) in [6, 6.07) is 12.8. The number of rotatable bonds is 4. The molecule has 1 unspecified atom stereocenters. The van der Waals surface area contributed by atoms with Gasteiger partial charge < -0.3 is 10.6 Å². The fourth-order valence-electron chi connectivity index (χ4n) is 2.81. The second-order valence-electron chi connectivity index (χ2n) is 4.92. The monoisotopic (exact) mass is 292 g/mol. The van der Waals surface area contributed by atoms with E-state index >= 15 is 0 Å². The van der Waals surface area contributed by atoms with E-state index in [1.165, 1.54) is 16.1 Å². The quantitative estimate of drug-likeness (QED) is 0.927. The maximum absolute atomic E-state index is 6.01. The van der Waals surface area contributed by atoms with E-state index in [0.717, 1.165) is 30.4 Å². The lowest BCUT2D eigenvalue weighted by molar-refractivity contribution is 0.645. The number of nitrogens with two attached hydrogens (primary N) is 1. The van der Waals surface area contributed by atoms with E-state index in [-0.39, 0.29) is 0 Å². The van der Waals surface area contributed by atoms with Crippen LogP contribution in [0.25, 0.3) is 0 Å². The topological polar surface area (TPSA) is 29.3 Å². The van der Waals surface area contributed by atoms with Crippen LogP contribution in [-0.4, -0.2) is 13.1 Å². The average molecular weight is 293 g/mol. The van der Waals surface area contributed by atoms with Gasteiger partial charge in [0.25, 0.3) is 0 Å². The van der Waals surface area contributed by atoms with Crippen LogP contribution in [0.15, 0.2) is 36.4 Å². The first-order valence-corrected chi connectivity index (χ1v) is 7.75. The van der Waals surface area contributed by atoms with Crippen LogP contribution in [0.3, 0.4) is 0 Å². The molecule has 0 spiro atoms. The molecule has 0 saturated heterocycles. The minimum absolute atomic E-state index is 0.566. The lowest BCUT2D eigenvalue weighted by atomic mass is 9.98. The summed E-state index contributed by atoms with van der Waals surface area (Å²) in [7, 11) is 0. The van der Waals surface area contributed by atoms with Crippen LogP contribution in [0.2, 0.25) is 4.34 Å². The molecular formula is C15H17ClN2S. The number of halogens is 1. The van der Waals surface area contributed by atoms with Crippen molar-refractivity contribution in [2.45, 2.75) is 18.9 Å². The van der Waals surface area contributed by atoms with Crippen LogP contribution in [0.5, 0.6) is 0 Å². The first-order chi connectivity index (χ1) is 9.28. The van der Waals surface area contributed by atoms with E-state index in [1.807, 2.05) is 6.07 Å². The molecule has 4 heteroatoms. The third-order valence-electron chi connectivity index (χ3n) is 3.65. The SMILES string of the molecule is NCCC1CN(Cc2ccc(Cl)s2)c2ccccc21. The maximum atomic E-state index is 6.01. The summed E-state index contributed by atoms with van der Waals surface area (Å²) in [6.07, 6.45) is 1.05. The van der Waals surface area contributed by atoms with Crippen LogP contribution >= 0.6 is 22.9 Å². The van der Waals surface area contributed by atoms with Gasteiger partial charge in [0.1, 0.15) is 0 Å². The zero-order valence-electron chi connectivity index (χ0n) is 10.7. The Balaban J connectivity index is 1.84. The van der Waals surface area contributed by atoms with Crippen LogP contribution in [-0.2, 0) is 6.54 Å². The summed E-state index contributed by atoms with van der Waals surface area (Å²) in [4.78, 5) is 3.76. The maximum Gasteiger partial charge on any atom is 0.0931 e. The van der Waals surface area contributed by atoms with Gasteiger partial charge >= 0.3 is 0 Å². The zero-order valence-corrected chi connectivity index (χ0v) is 12.3. The molecule has 2 N–H and O–H groups in total. The number of para-hydroxylation sites is 1. The molecule has 0 amide bonds. The molecule has 2 nitrogen and oxygen atoms in total. The Kier molecular flexibility index (Phi) is 3.78. The average Bonchev–Trinajstić information content (AvgIpc) is 2.97. The van der Waals surface area contributed by atoms with Crippen molar-refractivity contribution >= 4 is 28.6 Å². The molecule has 1 aromatic carbocycles. The second-order valence-corrected chi connectivity index (χ2v) is 6.72. The second kappa shape index (κ2) is 5.53. The zero-order chi connectivity index (χ0) is 13.2. The molecule has 1 aliphatic rings. The highest BCUT2D eigenvalue weighted by molar-refractivity contribution is 7.16. The fraction of sp³-hybridized carbons (Fsp3) is 0.333. The standard InChI is InChI=1S/C15H17ClN2S/c16-15-6-5-12(19-15)10-18-9-11(7-8-17)13-3-1-2-4-14(13)18/h1-6,11H,7-10,17H2. The molecule has 0 fully saturated rings. The minimum Gasteiger partial charge on any atom is -0.366 e. The van der Waals surface area contributed by atoms with Gasteiger partial charge in [0.2, 0.25) is 0 Å². The van der Waals surface area contributed by atoms with Crippen molar-refractivity contribution in [3.8, 4) is 0 Å². The van der Waals surface area contributed by atoms with Crippen molar-refractivity contribution in [1.82, 2.24) is 0 Å². The highest BCUT2D eigenvalue weighted by Crippen LogP contribution is 2.39. The van der Waals surface area contributed by atoms with Gasteiger partial charge in [-0.05, 0) is 36.7 Å². The van der Waals surface area contributed by atoms with Crippen molar-refractivity contribution in [3.05, 3.63) is 51.2 Å². The number of thiophene rings is 1. The first-order valence-electron chi connectivity index (χ1n) is 6.56. The van der Waals surface area contributed by atoms with Gasteiger partial charge in [-0.25, -0.2) is 0 Å². The molecule has 0 bridgehead atoms. The summed E-state index contributed by atoms with van der Waals surface area (Å²) in [6.45, 7) is 2.75. The summed E-state index contributed by atoms with van der Waals surface area (Å²) in [5, 5.41) is 0. The summed E-state index contributed by atoms with van der Waals surface area (Å²) in [5.74, 6) is 0.566. The van der Waals surface area contributed by atoms with Crippen molar-refractivity contribution in [1.29, 1.82) is 0 Å². The molecule has 0 radical (unpaired) electrons. The number of benzene rings is 1. The van der Waals surface area contributed by atoms with E-state index < -0.39 is 0 Å². The normalized spacial score (nSPS) is 17.8. The smallest absolute Gasteiger partial charge is 0.0931 e. The van der Waals surface area contributed by atoms with E-state index in [9.17, 15) is 0 Å². The van der Waals surface area contributed by atoms with Crippen molar-refractivity contribution in [2.75, 3.05) is 18.0 Å². The van der Waals surface area contributed by atoms with Crippen molar-refractivity contribution < 1.29 is 0 Å². The van der Waals surface area contributed by atoms with E-state index in [4.69, 9.17) is 17.3 Å². The lowest BCUT2D eigenvalue weighted by Gasteiger charge is -2.19. The van der Waals surface area contributed by atoms with Crippen LogP contribution in [0.1, 0.15) is 22.8 Å². The summed E-state index contributed by atoms with van der Waals surface area (Å²) < 4.78 is 0.862. The van der Waals surface area contributed by atoms with Crippen molar-refractivity contribution in [3.63, 3.8) is 0 Å². The van der Waals surface area contributed by atoms with E-state index in [1.54, 1.807) is 11.3 Å². The molecule has 0 aliphatic carbocycles. The molecule has 1 atom stereocenters. The number of hydrogen-bond acceptors (Lipinski definition) is 3. The highest BCUT2D eigenvalue weighted by atomic mass is 35.5. The van der Waals surface area contributed by atoms with Gasteiger partial charge in [-0.2, -0.15) is 0 Å². The van der Waals surface area contributed by atoms with Gasteiger partial charge in [-0.3, -0.25) is 0 Å². The highest BCUT2D eigenvalue weighted by Gasteiger charge is 2.27. The van der Waals surface area contributed by atoms with Crippen LogP contribution < -0.4 is 10.6 Å². The number of anilines is 1. The van der Waals surface area contributed by atoms with Crippen molar-refractivity contribution in [2.24, 2.45) is 5.73 Å². The Morgan fingerprint density at radius 3 is 2.84 bits per heavy atom. The molecule has 100 valence electrons. The van der Waals surface area contributed by atoms with Gasteiger partial charge in [-0.1, -0.05) is 29.8 Å². The molecule has 1 aromatic heterocycles. The van der Waals surface area contributed by atoms with Crippen LogP contribution in [0, 0.1) is 0 Å². The fourth-order valence-corrected chi connectivity index (χ4v) is 3.91. The first kappa shape index (κ1) is 13.0. The Labute approximate surface area is 122 Å².